The lowest BCUT2D eigenvalue weighted by molar-refractivity contribution is -0.143. The molecule has 1 N–H and O–H groups in total. The summed E-state index contributed by atoms with van der Waals surface area (Å²) in [6.07, 6.45) is -9.38. The zero-order chi connectivity index (χ0) is 18.7. The highest BCUT2D eigenvalue weighted by Crippen LogP contribution is 2.36. The molecule has 1 rings (SSSR count). The Balaban J connectivity index is 3.52. The number of nitrogens with one attached hydrogen (secondary N) is 1. The van der Waals surface area contributed by atoms with Crippen LogP contribution in [0.25, 0.3) is 6.08 Å². The van der Waals surface area contributed by atoms with E-state index in [1.807, 2.05) is 5.32 Å². The molecule has 0 bridgehead atoms. The molecular formula is C14H11F6NO3. The van der Waals surface area contributed by atoms with E-state index in [0.29, 0.717) is 18.2 Å². The molecule has 0 heterocycles. The number of carbonyl (C=O) groups is 2. The van der Waals surface area contributed by atoms with Crippen molar-refractivity contribution >= 4 is 18.0 Å². The smallest absolute Gasteiger partial charge is 0.416 e. The standard InChI is InChI=1S/C14H11F6NO3/c1-7(22)21-11(12(23)24-2)5-8-3-9(13(15,16)17)6-10(4-8)14(18,19)20/h3-6H,1-2H3,(H,21,22). The molecule has 0 unspecified atom stereocenters. The lowest BCUT2D eigenvalue weighted by Gasteiger charge is -2.13. The first-order valence-corrected chi connectivity index (χ1v) is 6.21. The lowest BCUT2D eigenvalue weighted by Crippen LogP contribution is -2.25. The Kier molecular flexibility index (Phi) is 5.64. The topological polar surface area (TPSA) is 55.4 Å². The summed E-state index contributed by atoms with van der Waals surface area (Å²) in [5.41, 5.74) is -4.27. The fraction of sp³-hybridized carbons (Fsp3) is 0.286. The van der Waals surface area contributed by atoms with Crippen LogP contribution in [0, 0.1) is 0 Å². The van der Waals surface area contributed by atoms with Gasteiger partial charge in [0.2, 0.25) is 5.91 Å². The van der Waals surface area contributed by atoms with Gasteiger partial charge in [-0.1, -0.05) is 0 Å². The summed E-state index contributed by atoms with van der Waals surface area (Å²) < 4.78 is 80.9. The number of benzene rings is 1. The number of rotatable bonds is 3. The Hall–Kier alpha value is -2.52. The maximum absolute atomic E-state index is 12.8. The molecular weight excluding hydrogens is 344 g/mol. The van der Waals surface area contributed by atoms with Gasteiger partial charge in [-0.05, 0) is 29.8 Å². The van der Waals surface area contributed by atoms with Crippen molar-refractivity contribution in [1.82, 2.24) is 5.32 Å². The van der Waals surface area contributed by atoms with Crippen LogP contribution in [0.15, 0.2) is 23.9 Å². The molecule has 0 spiro atoms. The van der Waals surface area contributed by atoms with Gasteiger partial charge in [0.25, 0.3) is 0 Å². The van der Waals surface area contributed by atoms with Gasteiger partial charge in [-0.25, -0.2) is 4.79 Å². The molecule has 1 amide bonds. The van der Waals surface area contributed by atoms with Crippen LogP contribution in [0.3, 0.4) is 0 Å². The van der Waals surface area contributed by atoms with Gasteiger partial charge in [-0.15, -0.1) is 0 Å². The maximum atomic E-state index is 12.8. The number of halogens is 6. The first kappa shape index (κ1) is 19.5. The third kappa shape index (κ3) is 5.28. The second-order valence-corrected chi connectivity index (χ2v) is 4.57. The molecule has 0 radical (unpaired) electrons. The highest BCUT2D eigenvalue weighted by atomic mass is 19.4. The van der Waals surface area contributed by atoms with Crippen LogP contribution in [0.4, 0.5) is 26.3 Å². The van der Waals surface area contributed by atoms with Crippen molar-refractivity contribution in [3.8, 4) is 0 Å². The van der Waals surface area contributed by atoms with Gasteiger partial charge in [-0.2, -0.15) is 26.3 Å². The van der Waals surface area contributed by atoms with Gasteiger partial charge in [-0.3, -0.25) is 4.79 Å². The zero-order valence-corrected chi connectivity index (χ0v) is 12.3. The van der Waals surface area contributed by atoms with Crippen molar-refractivity contribution in [1.29, 1.82) is 0 Å². The quantitative estimate of drug-likeness (QED) is 0.514. The minimum absolute atomic E-state index is 0.0481. The number of hydrogen-bond acceptors (Lipinski definition) is 3. The second kappa shape index (κ2) is 6.93. The minimum Gasteiger partial charge on any atom is -0.464 e. The van der Waals surface area contributed by atoms with E-state index in [0.717, 1.165) is 14.0 Å². The molecule has 0 saturated heterocycles. The fourth-order valence-electron chi connectivity index (χ4n) is 1.67. The largest absolute Gasteiger partial charge is 0.464 e. The van der Waals surface area contributed by atoms with Crippen LogP contribution in [0.2, 0.25) is 0 Å². The lowest BCUT2D eigenvalue weighted by atomic mass is 10.0. The summed E-state index contributed by atoms with van der Waals surface area (Å²) in [6.45, 7) is 1.00. The Morgan fingerprint density at radius 3 is 1.79 bits per heavy atom. The van der Waals surface area contributed by atoms with Gasteiger partial charge in [0.05, 0.1) is 18.2 Å². The van der Waals surface area contributed by atoms with Crippen LogP contribution >= 0.6 is 0 Å². The average Bonchev–Trinajstić information content (AvgIpc) is 2.43. The normalized spacial score (nSPS) is 12.8. The van der Waals surface area contributed by atoms with E-state index in [1.54, 1.807) is 0 Å². The average molecular weight is 355 g/mol. The van der Waals surface area contributed by atoms with E-state index in [9.17, 15) is 35.9 Å². The molecule has 0 fully saturated rings. The summed E-state index contributed by atoms with van der Waals surface area (Å²) >= 11 is 0. The molecule has 0 aromatic heterocycles. The van der Waals surface area contributed by atoms with Crippen molar-refractivity contribution in [2.24, 2.45) is 0 Å². The van der Waals surface area contributed by atoms with Crippen molar-refractivity contribution in [2.75, 3.05) is 7.11 Å². The van der Waals surface area contributed by atoms with E-state index in [-0.39, 0.29) is 6.07 Å². The first-order chi connectivity index (χ1) is 10.8. The maximum Gasteiger partial charge on any atom is 0.416 e. The Bertz CT molecular complexity index is 644. The van der Waals surface area contributed by atoms with Crippen molar-refractivity contribution in [3.63, 3.8) is 0 Å². The van der Waals surface area contributed by atoms with E-state index >= 15 is 0 Å². The zero-order valence-electron chi connectivity index (χ0n) is 12.3. The molecule has 1 aromatic carbocycles. The highest BCUT2D eigenvalue weighted by molar-refractivity contribution is 5.97. The van der Waals surface area contributed by atoms with Crippen LogP contribution in [-0.2, 0) is 26.7 Å². The SMILES string of the molecule is COC(=O)C(=Cc1cc(C(F)(F)F)cc(C(F)(F)F)c1)NC(C)=O. The van der Waals surface area contributed by atoms with Gasteiger partial charge < -0.3 is 10.1 Å². The fourth-order valence-corrected chi connectivity index (χ4v) is 1.67. The number of methoxy groups -OCH3 is 1. The number of esters is 1. The molecule has 0 aliphatic carbocycles. The summed E-state index contributed by atoms with van der Waals surface area (Å²) in [4.78, 5) is 22.5. The predicted octanol–water partition coefficient (Wildman–Crippen LogP) is 3.37. The van der Waals surface area contributed by atoms with E-state index in [2.05, 4.69) is 4.74 Å². The summed E-state index contributed by atoms with van der Waals surface area (Å²) in [6, 6.07) is 0.785. The van der Waals surface area contributed by atoms with E-state index in [1.165, 1.54) is 0 Å². The van der Waals surface area contributed by atoms with Crippen LogP contribution in [0.1, 0.15) is 23.6 Å². The summed E-state index contributed by atoms with van der Waals surface area (Å²) in [5, 5.41) is 1.98. The molecule has 10 heteroatoms. The molecule has 0 aliphatic rings. The third-order valence-electron chi connectivity index (χ3n) is 2.64. The molecule has 132 valence electrons. The molecule has 0 saturated carbocycles. The first-order valence-electron chi connectivity index (χ1n) is 6.21. The van der Waals surface area contributed by atoms with Crippen molar-refractivity contribution in [2.45, 2.75) is 19.3 Å². The van der Waals surface area contributed by atoms with Gasteiger partial charge >= 0.3 is 18.3 Å². The number of carbonyl (C=O) groups excluding carboxylic acids is 2. The summed E-state index contributed by atoms with van der Waals surface area (Å²) in [5.74, 6) is -1.88. The molecule has 4 nitrogen and oxygen atoms in total. The van der Waals surface area contributed by atoms with Gasteiger partial charge in [0.15, 0.2) is 0 Å². The molecule has 0 aliphatic heterocycles. The van der Waals surface area contributed by atoms with E-state index < -0.39 is 46.6 Å². The second-order valence-electron chi connectivity index (χ2n) is 4.57. The van der Waals surface area contributed by atoms with Gasteiger partial charge in [0, 0.05) is 6.92 Å². The third-order valence-corrected chi connectivity index (χ3v) is 2.64. The monoisotopic (exact) mass is 355 g/mol. The number of hydrogen-bond donors (Lipinski definition) is 1. The minimum atomic E-state index is -5.02. The van der Waals surface area contributed by atoms with E-state index in [4.69, 9.17) is 0 Å². The number of ether oxygens (including phenoxy) is 1. The Morgan fingerprint density at radius 2 is 1.46 bits per heavy atom. The molecule has 0 atom stereocenters. The molecule has 1 aromatic rings. The summed E-state index contributed by atoms with van der Waals surface area (Å²) in [7, 11) is 0.936. The number of amides is 1. The van der Waals surface area contributed by atoms with Crippen LogP contribution in [-0.4, -0.2) is 19.0 Å². The van der Waals surface area contributed by atoms with Crippen LogP contribution < -0.4 is 5.32 Å². The highest BCUT2D eigenvalue weighted by Gasteiger charge is 2.36. The Morgan fingerprint density at radius 1 is 1.00 bits per heavy atom. The van der Waals surface area contributed by atoms with Crippen molar-refractivity contribution < 1.29 is 40.7 Å². The predicted molar refractivity (Wildman–Crippen MR) is 70.3 cm³/mol. The molecule has 24 heavy (non-hydrogen) atoms. The Labute approximate surface area is 132 Å². The number of alkyl halides is 6. The van der Waals surface area contributed by atoms with Crippen LogP contribution in [0.5, 0.6) is 0 Å². The van der Waals surface area contributed by atoms with Gasteiger partial charge in [0.1, 0.15) is 5.70 Å². The van der Waals surface area contributed by atoms with Crippen molar-refractivity contribution in [3.05, 3.63) is 40.6 Å².